The van der Waals surface area contributed by atoms with Gasteiger partial charge in [0.2, 0.25) is 0 Å². The number of alkyl halides is 3. The van der Waals surface area contributed by atoms with Crippen molar-refractivity contribution in [2.24, 2.45) is 0 Å². The summed E-state index contributed by atoms with van der Waals surface area (Å²) in [5.41, 5.74) is 0.222. The van der Waals surface area contributed by atoms with Crippen molar-refractivity contribution in [1.82, 2.24) is 4.90 Å². The predicted molar refractivity (Wildman–Crippen MR) is 60.3 cm³/mol. The molecule has 1 amide bonds. The first-order valence-electron chi connectivity index (χ1n) is 5.62. The van der Waals surface area contributed by atoms with Gasteiger partial charge in [-0.25, -0.2) is 0 Å². The maximum Gasteiger partial charge on any atom is 0.390 e. The largest absolute Gasteiger partial charge is 0.469 e. The molecule has 104 valence electrons. The topological polar surface area (TPSA) is 57.2 Å². The summed E-state index contributed by atoms with van der Waals surface area (Å²) in [6.45, 7) is 1.06. The number of halogens is 3. The van der Waals surface area contributed by atoms with Crippen LogP contribution in [0.2, 0.25) is 0 Å². The molecule has 0 atom stereocenters. The molecule has 1 rings (SSSR count). The highest BCUT2D eigenvalue weighted by molar-refractivity contribution is 5.95. The zero-order chi connectivity index (χ0) is 14.5. The highest BCUT2D eigenvalue weighted by Crippen LogP contribution is 2.21. The molecule has 0 bridgehead atoms. The molecular formula is C12H13F3N2O2. The lowest BCUT2D eigenvalue weighted by molar-refractivity contribution is -0.136. The normalized spacial score (nSPS) is 11.1. The first kappa shape index (κ1) is 15.1. The summed E-state index contributed by atoms with van der Waals surface area (Å²) in [5.74, 6) is -0.204. The average molecular weight is 274 g/mol. The second-order valence-electron chi connectivity index (χ2n) is 3.96. The molecule has 1 heterocycles. The fourth-order valence-corrected chi connectivity index (χ4v) is 1.54. The van der Waals surface area contributed by atoms with E-state index < -0.39 is 25.0 Å². The molecule has 0 aliphatic heterocycles. The quantitative estimate of drug-likeness (QED) is 0.829. The molecule has 7 heteroatoms. The third kappa shape index (κ3) is 4.66. The molecule has 19 heavy (non-hydrogen) atoms. The first-order chi connectivity index (χ1) is 8.85. The Kier molecular flexibility index (Phi) is 4.98. The minimum Gasteiger partial charge on any atom is -0.469 e. The Bertz CT molecular complexity index is 474. The number of carbonyl (C=O) groups excluding carboxylic acids is 1. The third-order valence-electron chi connectivity index (χ3n) is 2.54. The van der Waals surface area contributed by atoms with Gasteiger partial charge in [-0.3, -0.25) is 4.79 Å². The maximum absolute atomic E-state index is 12.2. The zero-order valence-electron chi connectivity index (χ0n) is 10.3. The van der Waals surface area contributed by atoms with Crippen molar-refractivity contribution in [3.63, 3.8) is 0 Å². The molecule has 1 aromatic heterocycles. The van der Waals surface area contributed by atoms with Crippen LogP contribution in [0.25, 0.3) is 0 Å². The Morgan fingerprint density at radius 2 is 2.16 bits per heavy atom. The van der Waals surface area contributed by atoms with E-state index in [1.54, 1.807) is 6.92 Å². The molecular weight excluding hydrogens is 261 g/mol. The number of amides is 1. The fourth-order valence-electron chi connectivity index (χ4n) is 1.54. The van der Waals surface area contributed by atoms with Gasteiger partial charge in [-0.2, -0.15) is 18.4 Å². The first-order valence-corrected chi connectivity index (χ1v) is 5.62. The second-order valence-corrected chi connectivity index (χ2v) is 3.96. The van der Waals surface area contributed by atoms with E-state index in [1.807, 2.05) is 6.07 Å². The van der Waals surface area contributed by atoms with Crippen molar-refractivity contribution < 1.29 is 22.4 Å². The number of nitrogens with zero attached hydrogens (tertiary/aromatic N) is 2. The van der Waals surface area contributed by atoms with Crippen molar-refractivity contribution in [2.45, 2.75) is 25.9 Å². The van der Waals surface area contributed by atoms with Crippen LogP contribution in [0.15, 0.2) is 16.7 Å². The molecule has 0 unspecified atom stereocenters. The Balaban J connectivity index is 2.76. The van der Waals surface area contributed by atoms with Gasteiger partial charge in [0, 0.05) is 13.1 Å². The fraction of sp³-hybridized carbons (Fsp3) is 0.500. The molecule has 0 aliphatic rings. The summed E-state index contributed by atoms with van der Waals surface area (Å²) in [7, 11) is 0. The summed E-state index contributed by atoms with van der Waals surface area (Å²) < 4.78 is 41.6. The van der Waals surface area contributed by atoms with Crippen molar-refractivity contribution in [3.05, 3.63) is 23.7 Å². The average Bonchev–Trinajstić information content (AvgIpc) is 2.73. The van der Waals surface area contributed by atoms with E-state index in [-0.39, 0.29) is 18.5 Å². The van der Waals surface area contributed by atoms with E-state index in [0.717, 1.165) is 4.90 Å². The van der Waals surface area contributed by atoms with E-state index in [4.69, 9.17) is 9.68 Å². The number of carbonyl (C=O) groups is 1. The SMILES string of the molecule is Cc1occc1C(=O)N(CCC#N)CCC(F)(F)F. The molecule has 0 saturated carbocycles. The Hall–Kier alpha value is -1.97. The standard InChI is InChI=1S/C12H13F3N2O2/c1-9-10(3-8-19-9)11(18)17(6-2-5-16)7-4-12(13,14)15/h3,8H,2,4,6-7H2,1H3. The van der Waals surface area contributed by atoms with Gasteiger partial charge in [-0.1, -0.05) is 0 Å². The van der Waals surface area contributed by atoms with Crippen LogP contribution < -0.4 is 0 Å². The van der Waals surface area contributed by atoms with Crippen LogP contribution in [0.3, 0.4) is 0 Å². The van der Waals surface area contributed by atoms with E-state index in [0.29, 0.717) is 5.76 Å². The molecule has 0 aromatic carbocycles. The lowest BCUT2D eigenvalue weighted by Crippen LogP contribution is -2.35. The van der Waals surface area contributed by atoms with Crippen LogP contribution in [0.5, 0.6) is 0 Å². The molecule has 0 radical (unpaired) electrons. The van der Waals surface area contributed by atoms with Gasteiger partial charge in [0.25, 0.3) is 5.91 Å². The van der Waals surface area contributed by atoms with Gasteiger partial charge in [-0.05, 0) is 13.0 Å². The van der Waals surface area contributed by atoms with Crippen molar-refractivity contribution in [1.29, 1.82) is 5.26 Å². The Morgan fingerprint density at radius 3 is 2.63 bits per heavy atom. The van der Waals surface area contributed by atoms with Gasteiger partial charge in [0.1, 0.15) is 5.76 Å². The lowest BCUT2D eigenvalue weighted by atomic mass is 10.2. The van der Waals surface area contributed by atoms with Gasteiger partial charge >= 0.3 is 6.18 Å². The molecule has 0 spiro atoms. The van der Waals surface area contributed by atoms with Crippen molar-refractivity contribution in [2.75, 3.05) is 13.1 Å². The van der Waals surface area contributed by atoms with Gasteiger partial charge in [0.15, 0.2) is 0 Å². The molecule has 1 aromatic rings. The van der Waals surface area contributed by atoms with Gasteiger partial charge in [-0.15, -0.1) is 0 Å². The van der Waals surface area contributed by atoms with Crippen LogP contribution in [0, 0.1) is 18.3 Å². The highest BCUT2D eigenvalue weighted by Gasteiger charge is 2.29. The van der Waals surface area contributed by atoms with E-state index in [1.165, 1.54) is 12.3 Å². The predicted octanol–water partition coefficient (Wildman–Crippen LogP) is 2.90. The summed E-state index contributed by atoms with van der Waals surface area (Å²) in [6.07, 6.45) is -4.15. The Morgan fingerprint density at radius 1 is 1.47 bits per heavy atom. The lowest BCUT2D eigenvalue weighted by Gasteiger charge is -2.22. The smallest absolute Gasteiger partial charge is 0.390 e. The van der Waals surface area contributed by atoms with Crippen LogP contribution in [-0.2, 0) is 0 Å². The van der Waals surface area contributed by atoms with Crippen LogP contribution >= 0.6 is 0 Å². The highest BCUT2D eigenvalue weighted by atomic mass is 19.4. The molecule has 0 aliphatic carbocycles. The Labute approximate surface area is 108 Å². The van der Waals surface area contributed by atoms with E-state index >= 15 is 0 Å². The maximum atomic E-state index is 12.2. The molecule has 0 N–H and O–H groups in total. The van der Waals surface area contributed by atoms with Crippen LogP contribution in [0.4, 0.5) is 13.2 Å². The second kappa shape index (κ2) is 6.27. The number of rotatable bonds is 5. The number of aryl methyl sites for hydroxylation is 1. The zero-order valence-corrected chi connectivity index (χ0v) is 10.3. The number of furan rings is 1. The molecule has 0 fully saturated rings. The summed E-state index contributed by atoms with van der Waals surface area (Å²) in [4.78, 5) is 13.1. The van der Waals surface area contributed by atoms with Gasteiger partial charge in [0.05, 0.1) is 30.7 Å². The van der Waals surface area contributed by atoms with Crippen molar-refractivity contribution >= 4 is 5.91 Å². The third-order valence-corrected chi connectivity index (χ3v) is 2.54. The monoisotopic (exact) mass is 274 g/mol. The number of nitriles is 1. The number of hydrogen-bond donors (Lipinski definition) is 0. The summed E-state index contributed by atoms with van der Waals surface area (Å²) in [6, 6.07) is 3.22. The summed E-state index contributed by atoms with van der Waals surface area (Å²) in [5, 5.41) is 8.48. The number of hydrogen-bond acceptors (Lipinski definition) is 3. The van der Waals surface area contributed by atoms with E-state index in [2.05, 4.69) is 0 Å². The minimum atomic E-state index is -4.34. The summed E-state index contributed by atoms with van der Waals surface area (Å²) >= 11 is 0. The minimum absolute atomic E-state index is 0.0134. The van der Waals surface area contributed by atoms with E-state index in [9.17, 15) is 18.0 Å². The van der Waals surface area contributed by atoms with Crippen molar-refractivity contribution in [3.8, 4) is 6.07 Å². The van der Waals surface area contributed by atoms with Crippen LogP contribution in [-0.4, -0.2) is 30.1 Å². The van der Waals surface area contributed by atoms with Gasteiger partial charge < -0.3 is 9.32 Å². The van der Waals surface area contributed by atoms with Crippen LogP contribution in [0.1, 0.15) is 29.0 Å². The molecule has 0 saturated heterocycles. The molecule has 4 nitrogen and oxygen atoms in total.